The Morgan fingerprint density at radius 2 is 2.21 bits per heavy atom. The van der Waals surface area contributed by atoms with Crippen LogP contribution in [0.2, 0.25) is 0 Å². The molecule has 19 heavy (non-hydrogen) atoms. The van der Waals surface area contributed by atoms with Crippen molar-refractivity contribution in [1.29, 1.82) is 0 Å². The van der Waals surface area contributed by atoms with Gasteiger partial charge in [0, 0.05) is 12.1 Å². The van der Waals surface area contributed by atoms with Gasteiger partial charge < -0.3 is 11.1 Å². The van der Waals surface area contributed by atoms with Gasteiger partial charge in [0.05, 0.1) is 6.42 Å². The number of hydrogen-bond acceptors (Lipinski definition) is 4. The number of rotatable bonds is 3. The van der Waals surface area contributed by atoms with E-state index in [0.29, 0.717) is 12.1 Å². The van der Waals surface area contributed by atoms with Crippen molar-refractivity contribution in [3.05, 3.63) is 29.8 Å². The molecule has 0 aromatic heterocycles. The molecule has 0 radical (unpaired) electrons. The van der Waals surface area contributed by atoms with E-state index in [9.17, 15) is 14.4 Å². The third-order valence-corrected chi connectivity index (χ3v) is 2.89. The second-order valence-electron chi connectivity index (χ2n) is 4.49. The topological polar surface area (TPSA) is 101 Å². The van der Waals surface area contributed by atoms with Gasteiger partial charge in [0.15, 0.2) is 0 Å². The molecule has 4 N–H and O–H groups in total. The maximum atomic E-state index is 11.8. The lowest BCUT2D eigenvalue weighted by Gasteiger charge is -2.21. The van der Waals surface area contributed by atoms with Crippen LogP contribution in [0.4, 0.5) is 5.69 Å². The predicted octanol–water partition coefficient (Wildman–Crippen LogP) is -0.267. The van der Waals surface area contributed by atoms with Gasteiger partial charge in [-0.1, -0.05) is 12.1 Å². The number of imide groups is 1. The Kier molecular flexibility index (Phi) is 3.79. The molecule has 0 spiro atoms. The number of carbonyl (C=O) groups excluding carboxylic acids is 3. The smallest absolute Gasteiger partial charge is 0.249 e. The molecule has 1 aromatic rings. The fourth-order valence-electron chi connectivity index (χ4n) is 1.97. The SMILES string of the molecule is Nc1cccc(CC(=O)NC2CCC(=O)NC2=O)c1. The van der Waals surface area contributed by atoms with Gasteiger partial charge in [0.25, 0.3) is 0 Å². The van der Waals surface area contributed by atoms with Gasteiger partial charge in [-0.05, 0) is 24.1 Å². The highest BCUT2D eigenvalue weighted by Gasteiger charge is 2.27. The van der Waals surface area contributed by atoms with Crippen molar-refractivity contribution in [1.82, 2.24) is 10.6 Å². The number of piperidine rings is 1. The number of nitrogens with one attached hydrogen (secondary N) is 2. The monoisotopic (exact) mass is 261 g/mol. The number of anilines is 1. The summed E-state index contributed by atoms with van der Waals surface area (Å²) in [6.07, 6.45) is 0.741. The van der Waals surface area contributed by atoms with Crippen molar-refractivity contribution in [3.63, 3.8) is 0 Å². The maximum absolute atomic E-state index is 11.8. The zero-order valence-electron chi connectivity index (χ0n) is 10.3. The zero-order valence-corrected chi connectivity index (χ0v) is 10.3. The molecule has 0 bridgehead atoms. The lowest BCUT2D eigenvalue weighted by atomic mass is 10.1. The van der Waals surface area contributed by atoms with Gasteiger partial charge in [0.2, 0.25) is 17.7 Å². The normalized spacial score (nSPS) is 18.8. The molecule has 6 heteroatoms. The molecule has 1 aliphatic rings. The van der Waals surface area contributed by atoms with Crippen LogP contribution in [0.3, 0.4) is 0 Å². The molecule has 1 unspecified atom stereocenters. The first kappa shape index (κ1) is 13.1. The van der Waals surface area contributed by atoms with E-state index in [1.54, 1.807) is 24.3 Å². The van der Waals surface area contributed by atoms with Crippen molar-refractivity contribution < 1.29 is 14.4 Å². The van der Waals surface area contributed by atoms with Crippen molar-refractivity contribution in [2.75, 3.05) is 5.73 Å². The van der Waals surface area contributed by atoms with Crippen LogP contribution in [0.25, 0.3) is 0 Å². The van der Waals surface area contributed by atoms with Gasteiger partial charge in [0.1, 0.15) is 6.04 Å². The summed E-state index contributed by atoms with van der Waals surface area (Å²) >= 11 is 0. The van der Waals surface area contributed by atoms with E-state index in [1.807, 2.05) is 0 Å². The molecule has 1 fully saturated rings. The third-order valence-electron chi connectivity index (χ3n) is 2.89. The first-order valence-electron chi connectivity index (χ1n) is 6.02. The molecule has 100 valence electrons. The molecule has 0 saturated carbocycles. The molecule has 6 nitrogen and oxygen atoms in total. The first-order valence-corrected chi connectivity index (χ1v) is 6.02. The highest BCUT2D eigenvalue weighted by Crippen LogP contribution is 2.08. The minimum absolute atomic E-state index is 0.156. The minimum atomic E-state index is -0.633. The molecule has 3 amide bonds. The molecule has 1 heterocycles. The van der Waals surface area contributed by atoms with Crippen molar-refractivity contribution >= 4 is 23.4 Å². The molecule has 0 aliphatic carbocycles. The van der Waals surface area contributed by atoms with E-state index < -0.39 is 11.9 Å². The largest absolute Gasteiger partial charge is 0.399 e. The van der Waals surface area contributed by atoms with E-state index in [0.717, 1.165) is 5.56 Å². The zero-order chi connectivity index (χ0) is 13.8. The lowest BCUT2D eigenvalue weighted by Crippen LogP contribution is -2.52. The fraction of sp³-hybridized carbons (Fsp3) is 0.308. The van der Waals surface area contributed by atoms with Gasteiger partial charge in [-0.25, -0.2) is 0 Å². The molecular weight excluding hydrogens is 246 g/mol. The molecule has 1 aromatic carbocycles. The van der Waals surface area contributed by atoms with Gasteiger partial charge in [-0.3, -0.25) is 19.7 Å². The average molecular weight is 261 g/mol. The second kappa shape index (κ2) is 5.51. The maximum Gasteiger partial charge on any atom is 0.249 e. The Labute approximate surface area is 110 Å². The number of amides is 3. The summed E-state index contributed by atoms with van der Waals surface area (Å²) in [6, 6.07) is 6.38. The Morgan fingerprint density at radius 3 is 2.89 bits per heavy atom. The summed E-state index contributed by atoms with van der Waals surface area (Å²) < 4.78 is 0. The minimum Gasteiger partial charge on any atom is -0.399 e. The number of benzene rings is 1. The van der Waals surface area contributed by atoms with Crippen LogP contribution in [0.1, 0.15) is 18.4 Å². The third kappa shape index (κ3) is 3.54. The van der Waals surface area contributed by atoms with Crippen LogP contribution in [-0.2, 0) is 20.8 Å². The van der Waals surface area contributed by atoms with E-state index in [1.165, 1.54) is 0 Å². The molecule has 1 atom stereocenters. The summed E-state index contributed by atoms with van der Waals surface area (Å²) in [6.45, 7) is 0. The quantitative estimate of drug-likeness (QED) is 0.515. The summed E-state index contributed by atoms with van der Waals surface area (Å²) in [5, 5.41) is 4.81. The molecule has 2 rings (SSSR count). The Bertz CT molecular complexity index is 528. The van der Waals surface area contributed by atoms with Crippen molar-refractivity contribution in [3.8, 4) is 0 Å². The molecular formula is C13H15N3O3. The van der Waals surface area contributed by atoms with Crippen LogP contribution in [0, 0.1) is 0 Å². The fourth-order valence-corrected chi connectivity index (χ4v) is 1.97. The highest BCUT2D eigenvalue weighted by molar-refractivity contribution is 6.01. The molecule has 1 aliphatic heterocycles. The predicted molar refractivity (Wildman–Crippen MR) is 68.9 cm³/mol. The summed E-state index contributed by atoms with van der Waals surface area (Å²) in [5.74, 6) is -1.01. The second-order valence-corrected chi connectivity index (χ2v) is 4.49. The van der Waals surface area contributed by atoms with Gasteiger partial charge in [-0.2, -0.15) is 0 Å². The standard InChI is InChI=1S/C13H15N3O3/c14-9-3-1-2-8(6-9)7-12(18)15-10-4-5-11(17)16-13(10)19/h1-3,6,10H,4-5,7,14H2,(H,15,18)(H,16,17,19). The summed E-state index contributed by atoms with van der Waals surface area (Å²) in [7, 11) is 0. The van der Waals surface area contributed by atoms with E-state index in [4.69, 9.17) is 5.73 Å². The van der Waals surface area contributed by atoms with Crippen molar-refractivity contribution in [2.24, 2.45) is 0 Å². The van der Waals surface area contributed by atoms with Crippen LogP contribution in [-0.4, -0.2) is 23.8 Å². The lowest BCUT2D eigenvalue weighted by molar-refractivity contribution is -0.137. The number of hydrogen-bond donors (Lipinski definition) is 3. The summed E-state index contributed by atoms with van der Waals surface area (Å²) in [4.78, 5) is 34.3. The Balaban J connectivity index is 1.91. The first-order chi connectivity index (χ1) is 9.04. The summed E-state index contributed by atoms with van der Waals surface area (Å²) in [5.41, 5.74) is 6.99. The highest BCUT2D eigenvalue weighted by atomic mass is 16.2. The van der Waals surface area contributed by atoms with Gasteiger partial charge >= 0.3 is 0 Å². The average Bonchev–Trinajstić information content (AvgIpc) is 2.33. The van der Waals surface area contributed by atoms with Crippen molar-refractivity contribution in [2.45, 2.75) is 25.3 Å². The number of nitrogens with two attached hydrogens (primary N) is 1. The Morgan fingerprint density at radius 1 is 1.42 bits per heavy atom. The van der Waals surface area contributed by atoms with Crippen LogP contribution < -0.4 is 16.4 Å². The van der Waals surface area contributed by atoms with Crippen LogP contribution in [0.5, 0.6) is 0 Å². The van der Waals surface area contributed by atoms with Crippen LogP contribution in [0.15, 0.2) is 24.3 Å². The van der Waals surface area contributed by atoms with Crippen LogP contribution >= 0.6 is 0 Å². The van der Waals surface area contributed by atoms with Gasteiger partial charge in [-0.15, -0.1) is 0 Å². The van der Waals surface area contributed by atoms with E-state index in [2.05, 4.69) is 10.6 Å². The number of nitrogen functional groups attached to an aromatic ring is 1. The molecule has 1 saturated heterocycles. The Hall–Kier alpha value is -2.37. The number of carbonyl (C=O) groups is 3. The van der Waals surface area contributed by atoms with E-state index >= 15 is 0 Å². The van der Waals surface area contributed by atoms with E-state index in [-0.39, 0.29) is 24.7 Å².